The molecule has 0 saturated carbocycles. The van der Waals surface area contributed by atoms with Crippen LogP contribution >= 0.6 is 0 Å². The second-order valence-corrected chi connectivity index (χ2v) is 6.24. The van der Waals surface area contributed by atoms with E-state index >= 15 is 0 Å². The van der Waals surface area contributed by atoms with Gasteiger partial charge in [0.25, 0.3) is 0 Å². The second kappa shape index (κ2) is 7.39. The highest BCUT2D eigenvalue weighted by Gasteiger charge is 2.33. The molecule has 7 heteroatoms. The lowest BCUT2D eigenvalue weighted by molar-refractivity contribution is -0.126. The fourth-order valence-corrected chi connectivity index (χ4v) is 3.50. The Hall–Kier alpha value is -1.18. The molecule has 3 atom stereocenters. The van der Waals surface area contributed by atoms with Gasteiger partial charge in [-0.1, -0.05) is 0 Å². The summed E-state index contributed by atoms with van der Waals surface area (Å²) in [6.45, 7) is 5.47. The number of ether oxygens (including phenoxy) is 2. The van der Waals surface area contributed by atoms with Gasteiger partial charge in [-0.2, -0.15) is 0 Å². The quantitative estimate of drug-likeness (QED) is 0.689. The van der Waals surface area contributed by atoms with Crippen LogP contribution in [-0.4, -0.2) is 74.9 Å². The first-order valence-electron chi connectivity index (χ1n) is 8.20. The number of carbonyl (C=O) groups is 2. The molecule has 0 aromatic heterocycles. The SMILES string of the molecule is O=C1CC[C@H](C(=O)NC[C@@H]([C@H]2CCOC2)N2CCOCC2)N1. The molecule has 2 N–H and O–H groups in total. The number of amides is 2. The lowest BCUT2D eigenvalue weighted by Gasteiger charge is -2.37. The number of carbonyl (C=O) groups excluding carboxylic acids is 2. The van der Waals surface area contributed by atoms with E-state index in [4.69, 9.17) is 9.47 Å². The topological polar surface area (TPSA) is 79.9 Å². The van der Waals surface area contributed by atoms with Gasteiger partial charge in [0.1, 0.15) is 6.04 Å². The minimum absolute atomic E-state index is 0.0333. The summed E-state index contributed by atoms with van der Waals surface area (Å²) in [6.07, 6.45) is 2.08. The zero-order chi connectivity index (χ0) is 15.4. The molecular weight excluding hydrogens is 286 g/mol. The first-order valence-corrected chi connectivity index (χ1v) is 8.20. The van der Waals surface area contributed by atoms with E-state index in [0.29, 0.717) is 25.3 Å². The third kappa shape index (κ3) is 3.77. The molecule has 3 aliphatic heterocycles. The Morgan fingerprint density at radius 1 is 1.27 bits per heavy atom. The average molecular weight is 311 g/mol. The fourth-order valence-electron chi connectivity index (χ4n) is 3.50. The summed E-state index contributed by atoms with van der Waals surface area (Å²) in [7, 11) is 0. The molecule has 22 heavy (non-hydrogen) atoms. The molecular formula is C15H25N3O4. The predicted molar refractivity (Wildman–Crippen MR) is 79.3 cm³/mol. The summed E-state index contributed by atoms with van der Waals surface area (Å²) in [5.41, 5.74) is 0. The van der Waals surface area contributed by atoms with E-state index in [1.807, 2.05) is 0 Å². The van der Waals surface area contributed by atoms with Gasteiger partial charge in [0.15, 0.2) is 0 Å². The van der Waals surface area contributed by atoms with Gasteiger partial charge in [-0.15, -0.1) is 0 Å². The maximum Gasteiger partial charge on any atom is 0.242 e. The van der Waals surface area contributed by atoms with E-state index in [1.165, 1.54) is 0 Å². The van der Waals surface area contributed by atoms with Crippen molar-refractivity contribution in [3.8, 4) is 0 Å². The van der Waals surface area contributed by atoms with Crippen molar-refractivity contribution < 1.29 is 19.1 Å². The molecule has 0 spiro atoms. The van der Waals surface area contributed by atoms with E-state index in [-0.39, 0.29) is 23.9 Å². The summed E-state index contributed by atoms with van der Waals surface area (Å²) in [5.74, 6) is 0.355. The molecule has 124 valence electrons. The van der Waals surface area contributed by atoms with Crippen LogP contribution in [0.4, 0.5) is 0 Å². The third-order valence-electron chi connectivity index (χ3n) is 4.82. The van der Waals surface area contributed by atoms with Crippen molar-refractivity contribution in [2.75, 3.05) is 46.1 Å². The number of morpholine rings is 1. The van der Waals surface area contributed by atoms with Crippen LogP contribution in [0.2, 0.25) is 0 Å². The Balaban J connectivity index is 1.54. The van der Waals surface area contributed by atoms with Gasteiger partial charge < -0.3 is 20.1 Å². The summed E-state index contributed by atoms with van der Waals surface area (Å²) in [4.78, 5) is 25.8. The molecule has 0 aliphatic carbocycles. The van der Waals surface area contributed by atoms with Crippen molar-refractivity contribution in [2.24, 2.45) is 5.92 Å². The van der Waals surface area contributed by atoms with Gasteiger partial charge in [0.05, 0.1) is 19.8 Å². The van der Waals surface area contributed by atoms with Crippen LogP contribution in [0.5, 0.6) is 0 Å². The maximum atomic E-state index is 12.2. The molecule has 3 saturated heterocycles. The molecule has 2 amide bonds. The van der Waals surface area contributed by atoms with Gasteiger partial charge in [0, 0.05) is 44.6 Å². The van der Waals surface area contributed by atoms with E-state index in [0.717, 1.165) is 45.9 Å². The Labute approximate surface area is 130 Å². The molecule has 3 heterocycles. The van der Waals surface area contributed by atoms with Crippen LogP contribution in [0.15, 0.2) is 0 Å². The molecule has 7 nitrogen and oxygen atoms in total. The summed E-state index contributed by atoms with van der Waals surface area (Å²) in [6, 6.07) is -0.0786. The van der Waals surface area contributed by atoms with Crippen LogP contribution in [-0.2, 0) is 19.1 Å². The van der Waals surface area contributed by atoms with Crippen molar-refractivity contribution in [1.29, 1.82) is 0 Å². The third-order valence-corrected chi connectivity index (χ3v) is 4.82. The van der Waals surface area contributed by atoms with E-state index in [2.05, 4.69) is 15.5 Å². The van der Waals surface area contributed by atoms with E-state index in [1.54, 1.807) is 0 Å². The molecule has 0 bridgehead atoms. The van der Waals surface area contributed by atoms with Crippen molar-refractivity contribution in [1.82, 2.24) is 15.5 Å². The lowest BCUT2D eigenvalue weighted by atomic mass is 9.96. The van der Waals surface area contributed by atoms with Crippen molar-refractivity contribution in [2.45, 2.75) is 31.3 Å². The highest BCUT2D eigenvalue weighted by Crippen LogP contribution is 2.22. The summed E-state index contributed by atoms with van der Waals surface area (Å²) >= 11 is 0. The highest BCUT2D eigenvalue weighted by molar-refractivity contribution is 5.90. The van der Waals surface area contributed by atoms with Crippen LogP contribution < -0.4 is 10.6 Å². The van der Waals surface area contributed by atoms with Gasteiger partial charge in [-0.25, -0.2) is 0 Å². The highest BCUT2D eigenvalue weighted by atomic mass is 16.5. The van der Waals surface area contributed by atoms with Crippen LogP contribution in [0.25, 0.3) is 0 Å². The number of rotatable bonds is 5. The molecule has 0 aromatic rings. The average Bonchev–Trinajstić information content (AvgIpc) is 3.20. The zero-order valence-electron chi connectivity index (χ0n) is 12.9. The fraction of sp³-hybridized carbons (Fsp3) is 0.867. The number of nitrogens with one attached hydrogen (secondary N) is 2. The summed E-state index contributed by atoms with van der Waals surface area (Å²) < 4.78 is 10.9. The predicted octanol–water partition coefficient (Wildman–Crippen LogP) is -0.881. The zero-order valence-corrected chi connectivity index (χ0v) is 12.9. The maximum absolute atomic E-state index is 12.2. The van der Waals surface area contributed by atoms with Crippen LogP contribution in [0.1, 0.15) is 19.3 Å². The van der Waals surface area contributed by atoms with Gasteiger partial charge in [-0.3, -0.25) is 14.5 Å². The number of nitrogens with zero attached hydrogens (tertiary/aromatic N) is 1. The monoisotopic (exact) mass is 311 g/mol. The molecule has 0 radical (unpaired) electrons. The molecule has 0 unspecified atom stereocenters. The normalized spacial score (nSPS) is 31.0. The number of hydrogen-bond donors (Lipinski definition) is 2. The standard InChI is InChI=1S/C15H25N3O4/c19-14-2-1-12(17-14)15(20)16-9-13(11-3-6-22-10-11)18-4-7-21-8-5-18/h11-13H,1-10H2,(H,16,20)(H,17,19)/t11-,12+,13-/m0/s1. The molecule has 3 rings (SSSR count). The second-order valence-electron chi connectivity index (χ2n) is 6.24. The Morgan fingerprint density at radius 3 is 2.73 bits per heavy atom. The van der Waals surface area contributed by atoms with Crippen molar-refractivity contribution in [3.63, 3.8) is 0 Å². The van der Waals surface area contributed by atoms with Gasteiger partial charge in [0.2, 0.25) is 11.8 Å². The molecule has 3 aliphatic rings. The van der Waals surface area contributed by atoms with Crippen molar-refractivity contribution >= 4 is 11.8 Å². The number of hydrogen-bond acceptors (Lipinski definition) is 5. The van der Waals surface area contributed by atoms with E-state index < -0.39 is 0 Å². The Bertz CT molecular complexity index is 406. The van der Waals surface area contributed by atoms with Gasteiger partial charge >= 0.3 is 0 Å². The summed E-state index contributed by atoms with van der Waals surface area (Å²) in [5, 5.41) is 5.74. The van der Waals surface area contributed by atoms with Crippen LogP contribution in [0, 0.1) is 5.92 Å². The lowest BCUT2D eigenvalue weighted by Crippen LogP contribution is -2.54. The Kier molecular flexibility index (Phi) is 5.28. The minimum Gasteiger partial charge on any atom is -0.381 e. The Morgan fingerprint density at radius 2 is 2.09 bits per heavy atom. The van der Waals surface area contributed by atoms with Crippen LogP contribution in [0.3, 0.4) is 0 Å². The largest absolute Gasteiger partial charge is 0.381 e. The van der Waals surface area contributed by atoms with Gasteiger partial charge in [-0.05, 0) is 12.8 Å². The minimum atomic E-state index is -0.363. The smallest absolute Gasteiger partial charge is 0.242 e. The molecule has 3 fully saturated rings. The van der Waals surface area contributed by atoms with Crippen molar-refractivity contribution in [3.05, 3.63) is 0 Å². The van der Waals surface area contributed by atoms with E-state index in [9.17, 15) is 9.59 Å². The first kappa shape index (κ1) is 15.7. The first-order chi connectivity index (χ1) is 10.7. The molecule has 0 aromatic carbocycles.